The molecule has 2 aromatic rings. The van der Waals surface area contributed by atoms with Gasteiger partial charge in [0, 0.05) is 24.3 Å². The Labute approximate surface area is 175 Å². The number of nitrogens with zero attached hydrogens (tertiary/aromatic N) is 1. The van der Waals surface area contributed by atoms with Crippen LogP contribution in [-0.2, 0) is 20.8 Å². The smallest absolute Gasteiger partial charge is 0.310 e. The molecule has 8 nitrogen and oxygen atoms in total. The zero-order valence-corrected chi connectivity index (χ0v) is 17.2. The lowest BCUT2D eigenvalue weighted by Gasteiger charge is -2.15. The number of fused-ring (bicyclic) bond motifs is 1. The predicted molar refractivity (Wildman–Crippen MR) is 112 cm³/mol. The monoisotopic (exact) mass is 411 g/mol. The molecule has 1 aliphatic rings. The first-order valence-corrected chi connectivity index (χ1v) is 9.70. The normalized spacial score (nSPS) is 14.8. The van der Waals surface area contributed by atoms with Crippen LogP contribution in [0.15, 0.2) is 42.5 Å². The third-order valence-electron chi connectivity index (χ3n) is 5.00. The molecule has 1 atom stereocenters. The number of carbonyl (C=O) groups excluding carboxylic acids is 3. The molecule has 0 aliphatic carbocycles. The van der Waals surface area contributed by atoms with Crippen LogP contribution in [0.4, 0.5) is 5.69 Å². The van der Waals surface area contributed by atoms with Gasteiger partial charge in [0.15, 0.2) is 11.5 Å². The molecule has 0 bridgehead atoms. The molecule has 1 aliphatic heterocycles. The van der Waals surface area contributed by atoms with Gasteiger partial charge in [-0.3, -0.25) is 14.4 Å². The van der Waals surface area contributed by atoms with Crippen molar-refractivity contribution < 1.29 is 23.9 Å². The zero-order chi connectivity index (χ0) is 21.7. The topological polar surface area (TPSA) is 97.0 Å². The van der Waals surface area contributed by atoms with Gasteiger partial charge in [0.05, 0.1) is 14.2 Å². The van der Waals surface area contributed by atoms with Crippen LogP contribution in [-0.4, -0.2) is 45.0 Å². The molecule has 30 heavy (non-hydrogen) atoms. The highest BCUT2D eigenvalue weighted by atomic mass is 16.5. The molecule has 0 saturated heterocycles. The molecule has 2 aromatic carbocycles. The Morgan fingerprint density at radius 3 is 2.47 bits per heavy atom. The number of amides is 3. The Kier molecular flexibility index (Phi) is 6.56. The third kappa shape index (κ3) is 4.22. The maximum absolute atomic E-state index is 12.6. The third-order valence-corrected chi connectivity index (χ3v) is 5.00. The van der Waals surface area contributed by atoms with E-state index in [0.29, 0.717) is 30.0 Å². The number of ether oxygens (including phenoxy) is 2. The lowest BCUT2D eigenvalue weighted by Crippen LogP contribution is -2.44. The van der Waals surface area contributed by atoms with Crippen LogP contribution < -0.4 is 25.0 Å². The Morgan fingerprint density at radius 2 is 1.77 bits per heavy atom. The van der Waals surface area contributed by atoms with Crippen molar-refractivity contribution in [1.29, 1.82) is 0 Å². The molecular weight excluding hydrogens is 386 g/mol. The van der Waals surface area contributed by atoms with Crippen LogP contribution in [0.2, 0.25) is 0 Å². The fourth-order valence-corrected chi connectivity index (χ4v) is 3.48. The summed E-state index contributed by atoms with van der Waals surface area (Å²) in [4.78, 5) is 38.8. The van der Waals surface area contributed by atoms with Crippen LogP contribution in [0.3, 0.4) is 0 Å². The van der Waals surface area contributed by atoms with E-state index in [1.807, 2.05) is 31.2 Å². The van der Waals surface area contributed by atoms with Gasteiger partial charge in [0.1, 0.15) is 6.04 Å². The second kappa shape index (κ2) is 9.30. The van der Waals surface area contributed by atoms with E-state index in [-0.39, 0.29) is 12.5 Å². The van der Waals surface area contributed by atoms with Crippen molar-refractivity contribution in [2.75, 3.05) is 32.2 Å². The SMILES string of the molecule is CCN1C(=O)[C@@H](NC(=O)C(=O)NCCc2ccc(OC)c(OC)c2)c2ccccc21. The van der Waals surface area contributed by atoms with Crippen molar-refractivity contribution in [3.05, 3.63) is 53.6 Å². The average Bonchev–Trinajstić information content (AvgIpc) is 3.04. The Morgan fingerprint density at radius 1 is 1.03 bits per heavy atom. The van der Waals surface area contributed by atoms with Crippen LogP contribution >= 0.6 is 0 Å². The minimum absolute atomic E-state index is 0.245. The maximum Gasteiger partial charge on any atom is 0.310 e. The van der Waals surface area contributed by atoms with Gasteiger partial charge in [-0.1, -0.05) is 24.3 Å². The van der Waals surface area contributed by atoms with Crippen molar-refractivity contribution in [2.24, 2.45) is 0 Å². The van der Waals surface area contributed by atoms with Crippen molar-refractivity contribution >= 4 is 23.4 Å². The zero-order valence-electron chi connectivity index (χ0n) is 17.2. The standard InChI is InChI=1S/C22H25N3O5/c1-4-25-16-8-6-5-7-15(16)19(22(25)28)24-21(27)20(26)23-12-11-14-9-10-17(29-2)18(13-14)30-3/h5-10,13,19H,4,11-12H2,1-3H3,(H,23,26)(H,24,27)/t19-/m0/s1. The molecule has 0 radical (unpaired) electrons. The number of likely N-dealkylation sites (N-methyl/N-ethyl adjacent to an activating group) is 1. The number of carbonyl (C=O) groups is 3. The highest BCUT2D eigenvalue weighted by molar-refractivity contribution is 6.35. The molecule has 0 saturated carbocycles. The van der Waals surface area contributed by atoms with E-state index in [2.05, 4.69) is 10.6 Å². The molecule has 2 N–H and O–H groups in total. The molecule has 0 unspecified atom stereocenters. The average molecular weight is 411 g/mol. The fraction of sp³-hybridized carbons (Fsp3) is 0.318. The summed E-state index contributed by atoms with van der Waals surface area (Å²) in [5, 5.41) is 5.14. The fourth-order valence-electron chi connectivity index (χ4n) is 3.48. The largest absolute Gasteiger partial charge is 0.493 e. The van der Waals surface area contributed by atoms with Crippen molar-refractivity contribution in [3.63, 3.8) is 0 Å². The molecule has 3 rings (SSSR count). The van der Waals surface area contributed by atoms with Crippen LogP contribution in [0.1, 0.15) is 24.1 Å². The number of methoxy groups -OCH3 is 2. The first-order valence-electron chi connectivity index (χ1n) is 9.70. The molecule has 0 fully saturated rings. The van der Waals surface area contributed by atoms with Gasteiger partial charge in [0.2, 0.25) is 0 Å². The molecule has 3 amide bonds. The summed E-state index contributed by atoms with van der Waals surface area (Å²) in [5.74, 6) is -0.653. The number of para-hydroxylation sites is 1. The van der Waals surface area contributed by atoms with Crippen LogP contribution in [0, 0.1) is 0 Å². The van der Waals surface area contributed by atoms with E-state index < -0.39 is 17.9 Å². The Bertz CT molecular complexity index is 960. The lowest BCUT2D eigenvalue weighted by molar-refractivity contribution is -0.140. The summed E-state index contributed by atoms with van der Waals surface area (Å²) in [5.41, 5.74) is 2.37. The van der Waals surface area contributed by atoms with E-state index >= 15 is 0 Å². The summed E-state index contributed by atoms with van der Waals surface area (Å²) in [6, 6.07) is 11.8. The van der Waals surface area contributed by atoms with Gasteiger partial charge in [-0.15, -0.1) is 0 Å². The van der Waals surface area contributed by atoms with Gasteiger partial charge < -0.3 is 25.0 Å². The van der Waals surface area contributed by atoms with Crippen molar-refractivity contribution in [1.82, 2.24) is 10.6 Å². The first-order chi connectivity index (χ1) is 14.5. The summed E-state index contributed by atoms with van der Waals surface area (Å²) in [6.07, 6.45) is 0.508. The molecule has 158 valence electrons. The van der Waals surface area contributed by atoms with E-state index in [4.69, 9.17) is 9.47 Å². The van der Waals surface area contributed by atoms with Crippen LogP contribution in [0.25, 0.3) is 0 Å². The van der Waals surface area contributed by atoms with E-state index in [9.17, 15) is 14.4 Å². The molecule has 0 spiro atoms. The number of rotatable bonds is 7. The van der Waals surface area contributed by atoms with Crippen LogP contribution in [0.5, 0.6) is 11.5 Å². The van der Waals surface area contributed by atoms with Gasteiger partial charge in [-0.2, -0.15) is 0 Å². The first kappa shape index (κ1) is 21.2. The number of nitrogens with one attached hydrogen (secondary N) is 2. The number of hydrogen-bond donors (Lipinski definition) is 2. The lowest BCUT2D eigenvalue weighted by atomic mass is 10.1. The van der Waals surface area contributed by atoms with Gasteiger partial charge in [-0.05, 0) is 37.1 Å². The van der Waals surface area contributed by atoms with E-state index in [0.717, 1.165) is 11.3 Å². The summed E-state index contributed by atoms with van der Waals surface area (Å²) in [6.45, 7) is 2.61. The second-order valence-corrected chi connectivity index (χ2v) is 6.74. The maximum atomic E-state index is 12.6. The Balaban J connectivity index is 1.57. The number of anilines is 1. The highest BCUT2D eigenvalue weighted by Crippen LogP contribution is 2.35. The minimum Gasteiger partial charge on any atom is -0.493 e. The predicted octanol–water partition coefficient (Wildman–Crippen LogP) is 1.59. The quantitative estimate of drug-likeness (QED) is 0.675. The molecule has 0 aromatic heterocycles. The summed E-state index contributed by atoms with van der Waals surface area (Å²) >= 11 is 0. The molecule has 1 heterocycles. The minimum atomic E-state index is -0.856. The van der Waals surface area contributed by atoms with Gasteiger partial charge in [-0.25, -0.2) is 0 Å². The second-order valence-electron chi connectivity index (χ2n) is 6.74. The molecule has 8 heteroatoms. The van der Waals surface area contributed by atoms with Gasteiger partial charge in [0.25, 0.3) is 5.91 Å². The number of benzene rings is 2. The highest BCUT2D eigenvalue weighted by Gasteiger charge is 2.37. The summed E-state index contributed by atoms with van der Waals surface area (Å²) in [7, 11) is 3.11. The Hall–Kier alpha value is -3.55. The van der Waals surface area contributed by atoms with E-state index in [1.165, 1.54) is 0 Å². The summed E-state index contributed by atoms with van der Waals surface area (Å²) < 4.78 is 10.5. The van der Waals surface area contributed by atoms with Crippen molar-refractivity contribution in [2.45, 2.75) is 19.4 Å². The molecular formula is C22H25N3O5. The van der Waals surface area contributed by atoms with Crippen molar-refractivity contribution in [3.8, 4) is 11.5 Å². The van der Waals surface area contributed by atoms with Gasteiger partial charge >= 0.3 is 11.8 Å². The number of hydrogen-bond acceptors (Lipinski definition) is 5. The van der Waals surface area contributed by atoms with E-state index in [1.54, 1.807) is 37.3 Å².